The van der Waals surface area contributed by atoms with E-state index in [1.54, 1.807) is 0 Å². The largest absolute Gasteiger partial charge is 0.418 e. The molecule has 5 nitrogen and oxygen atoms in total. The van der Waals surface area contributed by atoms with Crippen LogP contribution in [0.25, 0.3) is 0 Å². The molecule has 1 amide bonds. The molecule has 0 radical (unpaired) electrons. The van der Waals surface area contributed by atoms with Gasteiger partial charge in [-0.1, -0.05) is 6.07 Å². The van der Waals surface area contributed by atoms with Crippen molar-refractivity contribution in [3.8, 4) is 0 Å². The molecule has 1 aromatic carbocycles. The molecule has 0 fully saturated rings. The molecule has 0 saturated heterocycles. The number of rotatable bonds is 4. The highest BCUT2D eigenvalue weighted by atomic mass is 32.2. The zero-order valence-electron chi connectivity index (χ0n) is 11.6. The molecule has 2 rings (SSSR count). The van der Waals surface area contributed by atoms with Gasteiger partial charge < -0.3 is 5.32 Å². The van der Waals surface area contributed by atoms with Gasteiger partial charge in [0, 0.05) is 12.6 Å². The van der Waals surface area contributed by atoms with Gasteiger partial charge in [0.2, 0.25) is 5.91 Å². The van der Waals surface area contributed by atoms with Gasteiger partial charge in [0.05, 0.1) is 11.3 Å². The summed E-state index contributed by atoms with van der Waals surface area (Å²) in [4.78, 5) is 10.9. The minimum absolute atomic E-state index is 0.0797. The van der Waals surface area contributed by atoms with Crippen molar-refractivity contribution in [1.29, 1.82) is 0 Å². The van der Waals surface area contributed by atoms with Gasteiger partial charge in [0.1, 0.15) is 4.21 Å². The number of halogens is 3. The lowest BCUT2D eigenvalue weighted by Gasteiger charge is -2.16. The third-order valence-corrected chi connectivity index (χ3v) is 5.41. The van der Waals surface area contributed by atoms with E-state index in [2.05, 4.69) is 5.32 Å². The Labute approximate surface area is 134 Å². The van der Waals surface area contributed by atoms with Crippen LogP contribution in [0.5, 0.6) is 0 Å². The van der Waals surface area contributed by atoms with Gasteiger partial charge in [-0.15, -0.1) is 11.3 Å². The Kier molecular flexibility index (Phi) is 4.66. The fourth-order valence-electron chi connectivity index (χ4n) is 1.76. The minimum Gasteiger partial charge on any atom is -0.326 e. The fraction of sp³-hybridized carbons (Fsp3) is 0.154. The van der Waals surface area contributed by atoms with Crippen LogP contribution in [-0.4, -0.2) is 14.3 Å². The number of amides is 1. The first kappa shape index (κ1) is 17.3. The van der Waals surface area contributed by atoms with E-state index < -0.39 is 33.4 Å². The maximum absolute atomic E-state index is 13.1. The predicted octanol–water partition coefficient (Wildman–Crippen LogP) is 3.53. The molecular formula is C13H11F3N2O3S2. The number of hydrogen-bond acceptors (Lipinski definition) is 4. The Hall–Kier alpha value is -2.07. The second kappa shape index (κ2) is 6.20. The second-order valence-corrected chi connectivity index (χ2v) is 7.33. The van der Waals surface area contributed by atoms with Gasteiger partial charge in [0.25, 0.3) is 10.0 Å². The Balaban J connectivity index is 2.44. The molecule has 0 saturated carbocycles. The number of hydrogen-bond donors (Lipinski definition) is 2. The molecule has 23 heavy (non-hydrogen) atoms. The lowest BCUT2D eigenvalue weighted by Crippen LogP contribution is -2.17. The van der Waals surface area contributed by atoms with Crippen LogP contribution in [-0.2, 0) is 21.0 Å². The van der Waals surface area contributed by atoms with E-state index >= 15 is 0 Å². The van der Waals surface area contributed by atoms with E-state index in [-0.39, 0.29) is 9.90 Å². The zero-order valence-corrected chi connectivity index (χ0v) is 13.3. The summed E-state index contributed by atoms with van der Waals surface area (Å²) in [6.07, 6.45) is -4.79. The summed E-state index contributed by atoms with van der Waals surface area (Å²) in [6.45, 7) is 1.15. The quantitative estimate of drug-likeness (QED) is 0.872. The van der Waals surface area contributed by atoms with Gasteiger partial charge in [-0.2, -0.15) is 13.2 Å². The lowest BCUT2D eigenvalue weighted by molar-refractivity contribution is -0.136. The van der Waals surface area contributed by atoms with E-state index in [9.17, 15) is 26.4 Å². The molecule has 0 aliphatic heterocycles. The number of sulfonamides is 1. The molecule has 0 spiro atoms. The van der Waals surface area contributed by atoms with E-state index in [1.165, 1.54) is 23.6 Å². The zero-order chi connectivity index (χ0) is 17.3. The van der Waals surface area contributed by atoms with Crippen molar-refractivity contribution in [3.05, 3.63) is 41.3 Å². The minimum atomic E-state index is -4.79. The molecule has 0 aliphatic rings. The average Bonchev–Trinajstić information content (AvgIpc) is 2.93. The van der Waals surface area contributed by atoms with Crippen molar-refractivity contribution in [3.63, 3.8) is 0 Å². The summed E-state index contributed by atoms with van der Waals surface area (Å²) in [5.74, 6) is -0.537. The Morgan fingerprint density at radius 2 is 1.91 bits per heavy atom. The van der Waals surface area contributed by atoms with Crippen LogP contribution < -0.4 is 10.0 Å². The molecule has 1 heterocycles. The Morgan fingerprint density at radius 1 is 1.22 bits per heavy atom. The Bertz CT molecular complexity index is 815. The predicted molar refractivity (Wildman–Crippen MR) is 80.9 cm³/mol. The highest BCUT2D eigenvalue weighted by molar-refractivity contribution is 7.94. The molecule has 0 unspecified atom stereocenters. The van der Waals surface area contributed by atoms with Crippen molar-refractivity contribution in [2.75, 3.05) is 10.0 Å². The monoisotopic (exact) mass is 364 g/mol. The van der Waals surface area contributed by atoms with Crippen LogP contribution in [0.15, 0.2) is 39.9 Å². The molecule has 0 bridgehead atoms. The molecule has 0 aliphatic carbocycles. The topological polar surface area (TPSA) is 75.3 Å². The normalized spacial score (nSPS) is 12.0. The number of anilines is 2. The number of alkyl halides is 3. The van der Waals surface area contributed by atoms with Crippen LogP contribution in [0.1, 0.15) is 12.5 Å². The lowest BCUT2D eigenvalue weighted by atomic mass is 10.1. The molecule has 10 heteroatoms. The fourth-order valence-corrected chi connectivity index (χ4v) is 3.83. The molecule has 1 aromatic heterocycles. The average molecular weight is 364 g/mol. The van der Waals surface area contributed by atoms with Crippen LogP contribution in [0, 0.1) is 0 Å². The third-order valence-electron chi connectivity index (χ3n) is 2.65. The van der Waals surface area contributed by atoms with E-state index in [0.29, 0.717) is 6.07 Å². The van der Waals surface area contributed by atoms with Gasteiger partial charge >= 0.3 is 6.18 Å². The summed E-state index contributed by atoms with van der Waals surface area (Å²) in [5.41, 5.74) is -1.88. The van der Waals surface area contributed by atoms with Gasteiger partial charge in [0.15, 0.2) is 0 Å². The number of nitrogens with one attached hydrogen (secondary N) is 2. The van der Waals surface area contributed by atoms with Crippen LogP contribution in [0.3, 0.4) is 0 Å². The maximum atomic E-state index is 13.1. The smallest absolute Gasteiger partial charge is 0.326 e. The first-order valence-corrected chi connectivity index (χ1v) is 8.51. The second-order valence-electron chi connectivity index (χ2n) is 4.48. The van der Waals surface area contributed by atoms with E-state index in [0.717, 1.165) is 24.3 Å². The highest BCUT2D eigenvalue weighted by Crippen LogP contribution is 2.37. The summed E-state index contributed by atoms with van der Waals surface area (Å²) >= 11 is 0.885. The highest BCUT2D eigenvalue weighted by Gasteiger charge is 2.35. The van der Waals surface area contributed by atoms with Crippen molar-refractivity contribution in [2.24, 2.45) is 0 Å². The van der Waals surface area contributed by atoms with Crippen molar-refractivity contribution in [1.82, 2.24) is 0 Å². The van der Waals surface area contributed by atoms with Crippen molar-refractivity contribution >= 4 is 38.6 Å². The maximum Gasteiger partial charge on any atom is 0.418 e. The number of benzene rings is 1. The number of carbonyl (C=O) groups excluding carboxylic acids is 1. The van der Waals surface area contributed by atoms with Gasteiger partial charge in [-0.05, 0) is 29.6 Å². The summed E-state index contributed by atoms with van der Waals surface area (Å²) in [7, 11) is -4.11. The van der Waals surface area contributed by atoms with Crippen molar-refractivity contribution in [2.45, 2.75) is 17.3 Å². The van der Waals surface area contributed by atoms with Crippen LogP contribution in [0.4, 0.5) is 24.5 Å². The van der Waals surface area contributed by atoms with Crippen LogP contribution >= 0.6 is 11.3 Å². The third kappa shape index (κ3) is 4.23. The van der Waals surface area contributed by atoms with Gasteiger partial charge in [-0.25, -0.2) is 8.42 Å². The molecule has 0 atom stereocenters. The van der Waals surface area contributed by atoms with Gasteiger partial charge in [-0.3, -0.25) is 9.52 Å². The standard InChI is InChI=1S/C13H11F3N2O3S2/c1-8(19)17-9-4-5-11(10(7-9)13(14,15)16)18-23(20,21)12-3-2-6-22-12/h2-7,18H,1H3,(H,17,19). The first-order valence-electron chi connectivity index (χ1n) is 6.15. The molecular weight excluding hydrogens is 353 g/mol. The van der Waals surface area contributed by atoms with Crippen molar-refractivity contribution < 1.29 is 26.4 Å². The summed E-state index contributed by atoms with van der Waals surface area (Å²) in [6, 6.07) is 5.57. The molecule has 124 valence electrons. The van der Waals surface area contributed by atoms with E-state index in [1.807, 2.05) is 4.72 Å². The SMILES string of the molecule is CC(=O)Nc1ccc(NS(=O)(=O)c2cccs2)c(C(F)(F)F)c1. The molecule has 2 aromatic rings. The van der Waals surface area contributed by atoms with E-state index in [4.69, 9.17) is 0 Å². The molecule has 2 N–H and O–H groups in total. The van der Waals surface area contributed by atoms with Crippen LogP contribution in [0.2, 0.25) is 0 Å². The first-order chi connectivity index (χ1) is 10.6. The summed E-state index contributed by atoms with van der Waals surface area (Å²) in [5, 5.41) is 3.72. The number of carbonyl (C=O) groups is 1. The number of thiophene rings is 1. The summed E-state index contributed by atoms with van der Waals surface area (Å²) < 4.78 is 65.4. The Morgan fingerprint density at radius 3 is 2.43 bits per heavy atom.